The first kappa shape index (κ1) is 26.6. The van der Waals surface area contributed by atoms with Gasteiger partial charge in [-0.2, -0.15) is 5.10 Å². The molecule has 0 aliphatic carbocycles. The Balaban J connectivity index is 1.47. The summed E-state index contributed by atoms with van der Waals surface area (Å²) in [4.78, 5) is 37.7. The van der Waals surface area contributed by atoms with Crippen molar-refractivity contribution in [1.29, 1.82) is 0 Å². The van der Waals surface area contributed by atoms with Gasteiger partial charge in [0.25, 0.3) is 0 Å². The number of likely N-dealkylation sites (tertiary alicyclic amines) is 1. The molecule has 2 fully saturated rings. The predicted octanol–water partition coefficient (Wildman–Crippen LogP) is 3.21. The lowest BCUT2D eigenvalue weighted by atomic mass is 10.1. The number of amides is 3. The summed E-state index contributed by atoms with van der Waals surface area (Å²) in [5, 5.41) is 10.7. The maximum Gasteiger partial charge on any atom is 0.409 e. The molecule has 0 radical (unpaired) electrons. The molecule has 2 saturated heterocycles. The van der Waals surface area contributed by atoms with Crippen molar-refractivity contribution in [3.63, 3.8) is 0 Å². The second kappa shape index (κ2) is 11.8. The van der Waals surface area contributed by atoms with Gasteiger partial charge < -0.3 is 29.9 Å². The smallest absolute Gasteiger partial charge is 0.409 e. The number of morpholine rings is 1. The average Bonchev–Trinajstić information content (AvgIpc) is 3.39. The number of aromatic nitrogens is 4. The van der Waals surface area contributed by atoms with E-state index in [2.05, 4.69) is 15.5 Å². The normalized spacial score (nSPS) is 18.3. The molecule has 208 valence electrons. The molecule has 1 aromatic carbocycles. The average molecular weight is 541 g/mol. The molecular weight excluding hydrogens is 507 g/mol. The molecule has 3 amide bonds. The number of nitrogens with zero attached hydrogens (tertiary/aromatic N) is 6. The van der Waals surface area contributed by atoms with Crippen molar-refractivity contribution in [2.75, 3.05) is 63.3 Å². The summed E-state index contributed by atoms with van der Waals surface area (Å²) in [6.45, 7) is 4.54. The molecule has 2 aliphatic rings. The van der Waals surface area contributed by atoms with Crippen LogP contribution in [0.25, 0.3) is 22.4 Å². The summed E-state index contributed by atoms with van der Waals surface area (Å²) < 4.78 is 24.9. The van der Waals surface area contributed by atoms with Crippen LogP contribution < -0.4 is 15.5 Å². The number of carbonyl (C=O) groups is 2. The minimum Gasteiger partial charge on any atom is -0.453 e. The lowest BCUT2D eigenvalue weighted by Gasteiger charge is -2.33. The van der Waals surface area contributed by atoms with Crippen LogP contribution in [-0.4, -0.2) is 96.0 Å². The van der Waals surface area contributed by atoms with E-state index in [1.807, 2.05) is 29.9 Å². The second-order valence-electron chi connectivity index (χ2n) is 9.66. The molecule has 2 aromatic heterocycles. The lowest BCUT2D eigenvalue weighted by molar-refractivity contribution is 0.0530. The van der Waals surface area contributed by atoms with Crippen LogP contribution in [-0.2, 0) is 9.47 Å². The molecule has 39 heavy (non-hydrogen) atoms. The minimum absolute atomic E-state index is 0.0455. The van der Waals surface area contributed by atoms with Gasteiger partial charge in [0.2, 0.25) is 0 Å². The number of alkyl halides is 1. The van der Waals surface area contributed by atoms with E-state index >= 15 is 0 Å². The largest absolute Gasteiger partial charge is 0.453 e. The third-order valence-electron chi connectivity index (χ3n) is 7.00. The maximum absolute atomic E-state index is 12.3. The molecule has 0 saturated carbocycles. The predicted molar refractivity (Wildman–Crippen MR) is 144 cm³/mol. The van der Waals surface area contributed by atoms with Crippen LogP contribution in [0, 0.1) is 0 Å². The highest BCUT2D eigenvalue weighted by Gasteiger charge is 2.28. The molecule has 2 aliphatic heterocycles. The number of halogens is 1. The molecule has 3 aromatic rings. The van der Waals surface area contributed by atoms with Gasteiger partial charge >= 0.3 is 12.1 Å². The summed E-state index contributed by atoms with van der Waals surface area (Å²) in [5.41, 5.74) is 2.08. The van der Waals surface area contributed by atoms with E-state index in [0.717, 1.165) is 35.3 Å². The van der Waals surface area contributed by atoms with Crippen LogP contribution in [0.1, 0.15) is 25.8 Å². The van der Waals surface area contributed by atoms with Gasteiger partial charge in [0, 0.05) is 44.0 Å². The number of fused-ring (bicyclic) bond motifs is 1. The van der Waals surface area contributed by atoms with Gasteiger partial charge in [-0.05, 0) is 44.0 Å². The quantitative estimate of drug-likeness (QED) is 0.488. The number of nitrogens with one attached hydrogen (secondary N) is 2. The van der Waals surface area contributed by atoms with Crippen molar-refractivity contribution in [2.45, 2.75) is 31.9 Å². The second-order valence-corrected chi connectivity index (χ2v) is 9.66. The van der Waals surface area contributed by atoms with E-state index in [4.69, 9.17) is 24.5 Å². The van der Waals surface area contributed by atoms with Crippen LogP contribution in [0.3, 0.4) is 0 Å². The van der Waals surface area contributed by atoms with Gasteiger partial charge in [-0.3, -0.25) is 0 Å². The monoisotopic (exact) mass is 540 g/mol. The number of rotatable bonds is 6. The number of benzene rings is 1. The van der Waals surface area contributed by atoms with Crippen molar-refractivity contribution in [3.05, 3.63) is 30.5 Å². The molecule has 4 heterocycles. The number of urea groups is 1. The zero-order valence-electron chi connectivity index (χ0n) is 22.1. The van der Waals surface area contributed by atoms with E-state index in [9.17, 15) is 14.0 Å². The minimum atomic E-state index is -0.628. The Labute approximate surface area is 225 Å². The Morgan fingerprint density at radius 2 is 1.92 bits per heavy atom. The first-order chi connectivity index (χ1) is 19.0. The van der Waals surface area contributed by atoms with Gasteiger partial charge in [-0.15, -0.1) is 0 Å². The highest BCUT2D eigenvalue weighted by molar-refractivity contribution is 5.90. The first-order valence-corrected chi connectivity index (χ1v) is 13.1. The standard InChI is InChI=1S/C26H33FN8O4/c1-17-16-34(13-14-39-17)23-21-15-29-35(20-7-11-33(12-8-20)26(37)38-2)24(21)32-22(31-23)18-3-5-19(6-4-18)30-25(36)28-10-9-27/h3-6,15,17,20H,7-14,16H2,1-2H3,(H2,28,30,36). The number of hydrogen-bond acceptors (Lipinski definition) is 8. The molecule has 0 bridgehead atoms. The van der Waals surface area contributed by atoms with Crippen molar-refractivity contribution < 1.29 is 23.5 Å². The number of anilines is 2. The molecule has 12 nitrogen and oxygen atoms in total. The molecule has 1 unspecified atom stereocenters. The molecule has 5 rings (SSSR count). The summed E-state index contributed by atoms with van der Waals surface area (Å²) in [5.74, 6) is 1.34. The third kappa shape index (κ3) is 5.87. The zero-order valence-corrected chi connectivity index (χ0v) is 22.1. The Bertz CT molecular complexity index is 1310. The van der Waals surface area contributed by atoms with Crippen LogP contribution in [0.5, 0.6) is 0 Å². The van der Waals surface area contributed by atoms with Crippen molar-refractivity contribution >= 4 is 34.7 Å². The van der Waals surface area contributed by atoms with Crippen LogP contribution in [0.15, 0.2) is 30.5 Å². The maximum atomic E-state index is 12.3. The van der Waals surface area contributed by atoms with Crippen LogP contribution in [0.2, 0.25) is 0 Å². The van der Waals surface area contributed by atoms with E-state index in [1.54, 1.807) is 17.0 Å². The van der Waals surface area contributed by atoms with Gasteiger partial charge in [0.1, 0.15) is 12.5 Å². The van der Waals surface area contributed by atoms with Gasteiger partial charge in [-0.25, -0.2) is 28.6 Å². The van der Waals surface area contributed by atoms with E-state index in [0.29, 0.717) is 44.3 Å². The highest BCUT2D eigenvalue weighted by Crippen LogP contribution is 2.32. The third-order valence-corrected chi connectivity index (χ3v) is 7.00. The Morgan fingerprint density at radius 3 is 2.62 bits per heavy atom. The van der Waals surface area contributed by atoms with Crippen molar-refractivity contribution in [1.82, 2.24) is 30.0 Å². The van der Waals surface area contributed by atoms with Crippen molar-refractivity contribution in [3.8, 4) is 11.4 Å². The van der Waals surface area contributed by atoms with E-state index in [1.165, 1.54) is 7.11 Å². The van der Waals surface area contributed by atoms with E-state index < -0.39 is 12.7 Å². The molecule has 2 N–H and O–H groups in total. The van der Waals surface area contributed by atoms with Gasteiger partial charge in [0.05, 0.1) is 37.4 Å². The van der Waals surface area contributed by atoms with Gasteiger partial charge in [0.15, 0.2) is 11.5 Å². The number of hydrogen-bond donors (Lipinski definition) is 2. The fraction of sp³-hybridized carbons (Fsp3) is 0.500. The zero-order chi connectivity index (χ0) is 27.4. The van der Waals surface area contributed by atoms with E-state index in [-0.39, 0.29) is 24.8 Å². The van der Waals surface area contributed by atoms with Crippen LogP contribution >= 0.6 is 0 Å². The Hall–Kier alpha value is -4.00. The lowest BCUT2D eigenvalue weighted by Crippen LogP contribution is -2.41. The fourth-order valence-corrected chi connectivity index (χ4v) is 5.02. The van der Waals surface area contributed by atoms with Crippen molar-refractivity contribution in [2.24, 2.45) is 0 Å². The first-order valence-electron chi connectivity index (χ1n) is 13.1. The molecule has 13 heteroatoms. The highest BCUT2D eigenvalue weighted by atomic mass is 19.1. The van der Waals surface area contributed by atoms with Gasteiger partial charge in [-0.1, -0.05) is 0 Å². The molecule has 0 spiro atoms. The number of piperidine rings is 1. The van der Waals surface area contributed by atoms with Crippen LogP contribution in [0.4, 0.5) is 25.5 Å². The molecular formula is C26H33FN8O4. The number of ether oxygens (including phenoxy) is 2. The summed E-state index contributed by atoms with van der Waals surface area (Å²) in [6, 6.07) is 6.81. The Kier molecular flexibility index (Phi) is 8.05. The summed E-state index contributed by atoms with van der Waals surface area (Å²) >= 11 is 0. The summed E-state index contributed by atoms with van der Waals surface area (Å²) in [6.07, 6.45) is 3.05. The summed E-state index contributed by atoms with van der Waals surface area (Å²) in [7, 11) is 1.39. The Morgan fingerprint density at radius 1 is 1.15 bits per heavy atom. The molecule has 1 atom stereocenters. The number of methoxy groups -OCH3 is 1. The number of carbonyl (C=O) groups excluding carboxylic acids is 2. The fourth-order valence-electron chi connectivity index (χ4n) is 5.02. The SMILES string of the molecule is COC(=O)N1CCC(n2ncc3c(N4CCOC(C)C4)nc(-c4ccc(NC(=O)NCCF)cc4)nc32)CC1. The topological polar surface area (TPSA) is 127 Å².